The summed E-state index contributed by atoms with van der Waals surface area (Å²) in [4.78, 5) is 19.3. The Morgan fingerprint density at radius 2 is 2.12 bits per heavy atom. The van der Waals surface area contributed by atoms with Crippen LogP contribution in [0, 0.1) is 0 Å². The van der Waals surface area contributed by atoms with Gasteiger partial charge in [0.25, 0.3) is 5.91 Å². The van der Waals surface area contributed by atoms with Crippen LogP contribution in [0.3, 0.4) is 0 Å². The number of ether oxygens (including phenoxy) is 1. The lowest BCUT2D eigenvalue weighted by atomic mass is 10.2. The molecule has 0 spiro atoms. The molecule has 25 heavy (non-hydrogen) atoms. The van der Waals surface area contributed by atoms with Gasteiger partial charge in [-0.25, -0.2) is 4.98 Å². The van der Waals surface area contributed by atoms with Crippen molar-refractivity contribution in [3.8, 4) is 0 Å². The zero-order valence-corrected chi connectivity index (χ0v) is 15.8. The van der Waals surface area contributed by atoms with E-state index in [1.54, 1.807) is 0 Å². The monoisotopic (exact) mass is 362 g/mol. The van der Waals surface area contributed by atoms with E-state index in [9.17, 15) is 4.79 Å². The number of thioether (sulfide) groups is 1. The van der Waals surface area contributed by atoms with Gasteiger partial charge in [0.2, 0.25) is 5.95 Å². The van der Waals surface area contributed by atoms with E-state index in [0.29, 0.717) is 12.1 Å². The van der Waals surface area contributed by atoms with Gasteiger partial charge in [0.1, 0.15) is 0 Å². The molecule has 2 aromatic rings. The van der Waals surface area contributed by atoms with Crippen molar-refractivity contribution in [3.63, 3.8) is 0 Å². The van der Waals surface area contributed by atoms with Crippen molar-refractivity contribution >= 4 is 34.7 Å². The summed E-state index contributed by atoms with van der Waals surface area (Å²) in [7, 11) is 2.02. The topological polar surface area (TPSA) is 59.4 Å². The molecular weight excluding hydrogens is 336 g/mol. The quantitative estimate of drug-likeness (QED) is 0.766. The Morgan fingerprint density at radius 1 is 1.32 bits per heavy atom. The third kappa shape index (κ3) is 4.27. The van der Waals surface area contributed by atoms with E-state index in [1.807, 2.05) is 37.0 Å². The summed E-state index contributed by atoms with van der Waals surface area (Å²) in [5.74, 6) is 3.00. The van der Waals surface area contributed by atoms with Gasteiger partial charge < -0.3 is 19.5 Å². The van der Waals surface area contributed by atoms with Crippen LogP contribution in [0.1, 0.15) is 23.7 Å². The Hall–Kier alpha value is -1.73. The number of anilines is 1. The molecule has 1 aromatic carbocycles. The largest absolute Gasteiger partial charge is 0.378 e. The molecule has 1 fully saturated rings. The van der Waals surface area contributed by atoms with Crippen LogP contribution in [0.2, 0.25) is 0 Å². The van der Waals surface area contributed by atoms with E-state index in [0.717, 1.165) is 54.8 Å². The fourth-order valence-corrected chi connectivity index (χ4v) is 3.70. The number of hydrogen-bond acceptors (Lipinski definition) is 5. The number of carbonyl (C=O) groups excluding carboxylic acids is 1. The van der Waals surface area contributed by atoms with Gasteiger partial charge in [-0.05, 0) is 30.4 Å². The Labute approximate surface area is 152 Å². The minimum absolute atomic E-state index is 0.0300. The molecule has 2 heterocycles. The molecule has 6 nitrogen and oxygen atoms in total. The summed E-state index contributed by atoms with van der Waals surface area (Å²) >= 11 is 1.87. The molecule has 1 N–H and O–H groups in total. The molecule has 0 saturated carbocycles. The Bertz CT molecular complexity index is 725. The van der Waals surface area contributed by atoms with Gasteiger partial charge in [-0.15, -0.1) is 0 Å². The minimum Gasteiger partial charge on any atom is -0.378 e. The number of nitrogens with one attached hydrogen (secondary N) is 1. The second-order valence-corrected chi connectivity index (χ2v) is 7.37. The first-order chi connectivity index (χ1) is 12.2. The van der Waals surface area contributed by atoms with E-state index in [2.05, 4.69) is 21.7 Å². The second kappa shape index (κ2) is 8.58. The zero-order chi connectivity index (χ0) is 17.6. The molecule has 1 aliphatic heterocycles. The van der Waals surface area contributed by atoms with Crippen molar-refractivity contribution in [2.24, 2.45) is 7.05 Å². The van der Waals surface area contributed by atoms with Crippen molar-refractivity contribution in [2.75, 3.05) is 49.3 Å². The highest BCUT2D eigenvalue weighted by atomic mass is 32.2. The first-order valence-corrected chi connectivity index (χ1v) is 10.0. The van der Waals surface area contributed by atoms with Gasteiger partial charge in [-0.3, -0.25) is 4.79 Å². The van der Waals surface area contributed by atoms with Gasteiger partial charge >= 0.3 is 0 Å². The van der Waals surface area contributed by atoms with Crippen molar-refractivity contribution in [1.82, 2.24) is 14.9 Å². The molecule has 0 atom stereocenters. The van der Waals surface area contributed by atoms with Gasteiger partial charge in [0, 0.05) is 38.0 Å². The lowest BCUT2D eigenvalue weighted by Crippen LogP contribution is -2.37. The number of rotatable bonds is 7. The predicted molar refractivity (Wildman–Crippen MR) is 104 cm³/mol. The van der Waals surface area contributed by atoms with Crippen molar-refractivity contribution in [3.05, 3.63) is 23.8 Å². The lowest BCUT2D eigenvalue weighted by Gasteiger charge is -2.27. The summed E-state index contributed by atoms with van der Waals surface area (Å²) in [6, 6.07) is 5.74. The van der Waals surface area contributed by atoms with Gasteiger partial charge in [0.05, 0.1) is 24.2 Å². The van der Waals surface area contributed by atoms with Crippen LogP contribution < -0.4 is 10.2 Å². The summed E-state index contributed by atoms with van der Waals surface area (Å²) in [6.07, 6.45) is 1.17. The molecule has 1 aliphatic rings. The second-order valence-electron chi connectivity index (χ2n) is 6.14. The number of carbonyl (C=O) groups is 1. The fraction of sp³-hybridized carbons (Fsp3) is 0.556. The van der Waals surface area contributed by atoms with Crippen LogP contribution in [0.15, 0.2) is 18.2 Å². The van der Waals surface area contributed by atoms with E-state index < -0.39 is 0 Å². The van der Waals surface area contributed by atoms with Crippen LogP contribution in [0.4, 0.5) is 5.95 Å². The van der Waals surface area contributed by atoms with E-state index in [1.165, 1.54) is 6.42 Å². The molecule has 1 amide bonds. The van der Waals surface area contributed by atoms with Crippen LogP contribution in [0.5, 0.6) is 0 Å². The van der Waals surface area contributed by atoms with E-state index >= 15 is 0 Å². The van der Waals surface area contributed by atoms with Gasteiger partial charge in [0.15, 0.2) is 0 Å². The highest BCUT2D eigenvalue weighted by molar-refractivity contribution is 7.99. The highest BCUT2D eigenvalue weighted by Gasteiger charge is 2.18. The Kier molecular flexibility index (Phi) is 6.20. The zero-order valence-electron chi connectivity index (χ0n) is 15.0. The number of imidazole rings is 1. The maximum atomic E-state index is 12.3. The average molecular weight is 362 g/mol. The third-order valence-corrected chi connectivity index (χ3v) is 5.48. The summed E-state index contributed by atoms with van der Waals surface area (Å²) in [6.45, 7) is 6.02. The summed E-state index contributed by atoms with van der Waals surface area (Å²) < 4.78 is 7.50. The molecule has 3 rings (SSSR count). The molecule has 7 heteroatoms. The van der Waals surface area contributed by atoms with Crippen LogP contribution in [-0.4, -0.2) is 59.8 Å². The standard InChI is InChI=1S/C18H26N4O2S/c1-3-11-25-12-6-19-17(23)14-4-5-16-15(13-14)20-18(21(16)2)22-7-9-24-10-8-22/h4-5,13H,3,6-12H2,1-2H3,(H,19,23). The normalized spacial score (nSPS) is 14.9. The number of morpholine rings is 1. The number of aryl methyl sites for hydroxylation is 1. The summed E-state index contributed by atoms with van der Waals surface area (Å²) in [5.41, 5.74) is 2.56. The number of benzene rings is 1. The number of hydrogen-bond donors (Lipinski definition) is 1. The van der Waals surface area contributed by atoms with Crippen LogP contribution >= 0.6 is 11.8 Å². The van der Waals surface area contributed by atoms with E-state index in [-0.39, 0.29) is 5.91 Å². The maximum Gasteiger partial charge on any atom is 0.251 e. The van der Waals surface area contributed by atoms with Gasteiger partial charge in [-0.1, -0.05) is 6.92 Å². The molecule has 136 valence electrons. The fourth-order valence-electron chi connectivity index (χ4n) is 2.96. The molecule has 0 radical (unpaired) electrons. The summed E-state index contributed by atoms with van der Waals surface area (Å²) in [5, 5.41) is 2.99. The Morgan fingerprint density at radius 3 is 2.88 bits per heavy atom. The minimum atomic E-state index is -0.0300. The van der Waals surface area contributed by atoms with Crippen molar-refractivity contribution in [2.45, 2.75) is 13.3 Å². The average Bonchev–Trinajstić information content (AvgIpc) is 2.98. The SMILES string of the molecule is CCCSCCNC(=O)c1ccc2c(c1)nc(N1CCOCC1)n2C. The third-order valence-electron chi connectivity index (χ3n) is 4.29. The van der Waals surface area contributed by atoms with E-state index in [4.69, 9.17) is 9.72 Å². The van der Waals surface area contributed by atoms with Gasteiger partial charge in [-0.2, -0.15) is 11.8 Å². The highest BCUT2D eigenvalue weighted by Crippen LogP contribution is 2.23. The van der Waals surface area contributed by atoms with Crippen molar-refractivity contribution < 1.29 is 9.53 Å². The molecule has 1 aromatic heterocycles. The maximum absolute atomic E-state index is 12.3. The number of nitrogens with zero attached hydrogens (tertiary/aromatic N) is 3. The molecule has 0 bridgehead atoms. The number of amides is 1. The lowest BCUT2D eigenvalue weighted by molar-refractivity contribution is 0.0956. The number of aromatic nitrogens is 2. The Balaban J connectivity index is 1.70. The first kappa shape index (κ1) is 18.1. The molecule has 0 aliphatic carbocycles. The molecule has 1 saturated heterocycles. The molecular formula is C18H26N4O2S. The van der Waals surface area contributed by atoms with Crippen LogP contribution in [0.25, 0.3) is 11.0 Å². The number of fused-ring (bicyclic) bond motifs is 1. The predicted octanol–water partition coefficient (Wildman–Crippen LogP) is 2.28. The van der Waals surface area contributed by atoms with Crippen molar-refractivity contribution in [1.29, 1.82) is 0 Å². The smallest absolute Gasteiger partial charge is 0.251 e. The first-order valence-electron chi connectivity index (χ1n) is 8.86. The molecule has 0 unspecified atom stereocenters. The van der Waals surface area contributed by atoms with Crippen LogP contribution in [-0.2, 0) is 11.8 Å².